The van der Waals surface area contributed by atoms with Gasteiger partial charge in [-0.2, -0.15) is 18.2 Å². The van der Waals surface area contributed by atoms with Crippen LogP contribution in [0.2, 0.25) is 0 Å². The maximum Gasteiger partial charge on any atom is 0.390 e. The summed E-state index contributed by atoms with van der Waals surface area (Å²) >= 11 is 0. The van der Waals surface area contributed by atoms with Crippen molar-refractivity contribution in [3.8, 4) is 11.1 Å². The molecule has 0 unspecified atom stereocenters. The average molecular weight is 884 g/mol. The highest BCUT2D eigenvalue weighted by molar-refractivity contribution is 6.00. The Kier molecular flexibility index (Phi) is 13.0. The number of benzene rings is 2. The van der Waals surface area contributed by atoms with Gasteiger partial charge in [0.15, 0.2) is 0 Å². The SMILES string of the molecule is Cn1c(=O)n([C@H]2CCC(=O)NC2=O)c2ccc(CCCC3CCN(C4CCN(Cc5ccc(-c6cn([C@H]7CC[C@H](O)CC7)c7nc(NCCC(F)(F)F)ncc67)cc5)CC4)CC3)cc21. The normalized spacial score (nSPS) is 22.4. The highest BCUT2D eigenvalue weighted by Crippen LogP contribution is 2.37. The number of fused-ring (bicyclic) bond motifs is 2. The molecule has 9 rings (SSSR count). The molecule has 3 aromatic heterocycles. The second-order valence-corrected chi connectivity index (χ2v) is 18.7. The number of nitrogens with zero attached hydrogens (tertiary/aromatic N) is 7. The van der Waals surface area contributed by atoms with E-state index in [4.69, 9.17) is 4.98 Å². The summed E-state index contributed by atoms with van der Waals surface area (Å²) in [5.74, 6) is 0.193. The number of hydrogen-bond donors (Lipinski definition) is 3. The first kappa shape index (κ1) is 44.2. The number of likely N-dealkylation sites (tertiary alicyclic amines) is 2. The van der Waals surface area contributed by atoms with E-state index in [1.54, 1.807) is 17.8 Å². The second kappa shape index (κ2) is 18.8. The van der Waals surface area contributed by atoms with E-state index >= 15 is 0 Å². The Bertz CT molecular complexity index is 2510. The van der Waals surface area contributed by atoms with Crippen LogP contribution in [-0.2, 0) is 29.6 Å². The van der Waals surface area contributed by atoms with Crippen molar-refractivity contribution in [3.05, 3.63) is 76.5 Å². The van der Waals surface area contributed by atoms with E-state index in [-0.39, 0.29) is 42.7 Å². The monoisotopic (exact) mass is 883 g/mol. The number of anilines is 1. The van der Waals surface area contributed by atoms with E-state index in [2.05, 4.69) is 72.6 Å². The molecule has 1 saturated carbocycles. The molecule has 2 amide bonds. The quantitative estimate of drug-likeness (QED) is 0.104. The molecule has 342 valence electrons. The minimum absolute atomic E-state index is 0.140. The number of halogens is 3. The third-order valence-corrected chi connectivity index (χ3v) is 14.5. The van der Waals surface area contributed by atoms with Crippen molar-refractivity contribution in [3.63, 3.8) is 0 Å². The largest absolute Gasteiger partial charge is 0.393 e. The van der Waals surface area contributed by atoms with Gasteiger partial charge in [-0.1, -0.05) is 36.8 Å². The third kappa shape index (κ3) is 9.79. The van der Waals surface area contributed by atoms with E-state index in [1.165, 1.54) is 47.8 Å². The lowest BCUT2D eigenvalue weighted by Gasteiger charge is -2.42. The molecule has 64 heavy (non-hydrogen) atoms. The van der Waals surface area contributed by atoms with Crippen LogP contribution in [0.15, 0.2) is 59.7 Å². The van der Waals surface area contributed by atoms with Crippen LogP contribution in [0.4, 0.5) is 19.1 Å². The molecule has 4 fully saturated rings. The summed E-state index contributed by atoms with van der Waals surface area (Å²) < 4.78 is 43.7. The van der Waals surface area contributed by atoms with E-state index in [1.807, 2.05) is 6.07 Å². The van der Waals surface area contributed by atoms with Crippen LogP contribution in [0.3, 0.4) is 0 Å². The van der Waals surface area contributed by atoms with Crippen molar-refractivity contribution in [2.24, 2.45) is 13.0 Å². The Hall–Kier alpha value is -5.06. The number of hydrogen-bond acceptors (Lipinski definition) is 9. The molecule has 3 aliphatic heterocycles. The Morgan fingerprint density at radius 1 is 0.859 bits per heavy atom. The predicted molar refractivity (Wildman–Crippen MR) is 240 cm³/mol. The van der Waals surface area contributed by atoms with Gasteiger partial charge in [-0.25, -0.2) is 9.78 Å². The van der Waals surface area contributed by atoms with Gasteiger partial charge >= 0.3 is 11.9 Å². The van der Waals surface area contributed by atoms with E-state index in [0.717, 1.165) is 91.9 Å². The molecule has 0 spiro atoms. The summed E-state index contributed by atoms with van der Waals surface area (Å²) in [6, 6.07) is 14.9. The number of alkyl halides is 3. The van der Waals surface area contributed by atoms with Crippen LogP contribution >= 0.6 is 0 Å². The van der Waals surface area contributed by atoms with Crippen LogP contribution in [-0.4, -0.2) is 101 Å². The zero-order valence-corrected chi connectivity index (χ0v) is 36.7. The van der Waals surface area contributed by atoms with Crippen LogP contribution in [0, 0.1) is 5.92 Å². The molecule has 4 aliphatic rings. The van der Waals surface area contributed by atoms with Crippen LogP contribution in [0.5, 0.6) is 0 Å². The minimum Gasteiger partial charge on any atom is -0.393 e. The van der Waals surface area contributed by atoms with Gasteiger partial charge in [0.05, 0.1) is 23.6 Å². The number of carbonyl (C=O) groups is 2. The third-order valence-electron chi connectivity index (χ3n) is 14.5. The number of aliphatic hydroxyl groups is 1. The molecule has 5 aromatic rings. The van der Waals surface area contributed by atoms with Gasteiger partial charge in [-0.05, 0) is 132 Å². The molecular weight excluding hydrogens is 824 g/mol. The van der Waals surface area contributed by atoms with Gasteiger partial charge in [-0.3, -0.25) is 28.9 Å². The molecule has 1 aliphatic carbocycles. The highest BCUT2D eigenvalue weighted by atomic mass is 19.4. The van der Waals surface area contributed by atoms with Crippen LogP contribution in [0.25, 0.3) is 33.2 Å². The maximum atomic E-state index is 13.2. The molecule has 0 radical (unpaired) electrons. The Balaban J connectivity index is 0.742. The fourth-order valence-corrected chi connectivity index (χ4v) is 10.8. The number of nitrogens with one attached hydrogen (secondary N) is 2. The van der Waals surface area contributed by atoms with Crippen LogP contribution in [0.1, 0.15) is 107 Å². The number of amides is 2. The lowest BCUT2D eigenvalue weighted by molar-refractivity contribution is -0.136. The van der Waals surface area contributed by atoms with Crippen molar-refractivity contribution in [2.45, 2.75) is 127 Å². The molecular formula is C48H60F3N9O4. The standard InChI is InChI=1S/C48H60F3N9O4/c1-56-42-27-32(7-14-40(42)60(47(56)64)41-15-16-43(62)54-45(41)63)4-2-3-31-17-25-58(26-18-31)35-19-23-57(24-20-35)29-33-5-8-34(9-6-33)39-30-59(36-10-12-37(61)13-11-36)44-38(39)28-53-46(55-44)52-22-21-48(49,50)51/h5-9,14,27-28,30-31,35-37,41,61H,2-4,10-13,15-26,29H2,1H3,(H,52,53,55)(H,54,62,63)/t36-,37-,41-/m0/s1. The number of rotatable bonds is 13. The molecule has 0 bridgehead atoms. The fourth-order valence-electron chi connectivity index (χ4n) is 10.8. The van der Waals surface area contributed by atoms with Crippen molar-refractivity contribution in [2.75, 3.05) is 38.0 Å². The number of aryl methyl sites for hydroxylation is 2. The zero-order chi connectivity index (χ0) is 44.5. The summed E-state index contributed by atoms with van der Waals surface area (Å²) in [5, 5.41) is 16.1. The summed E-state index contributed by atoms with van der Waals surface area (Å²) in [6.07, 6.45) is 9.88. The zero-order valence-electron chi connectivity index (χ0n) is 36.7. The molecule has 16 heteroatoms. The minimum atomic E-state index is -4.26. The van der Waals surface area contributed by atoms with Gasteiger partial charge in [0.2, 0.25) is 17.8 Å². The summed E-state index contributed by atoms with van der Waals surface area (Å²) in [4.78, 5) is 51.8. The first-order valence-corrected chi connectivity index (χ1v) is 23.3. The Morgan fingerprint density at radius 2 is 1.59 bits per heavy atom. The number of aliphatic hydroxyl groups excluding tert-OH is 1. The number of imide groups is 1. The Labute approximate surface area is 371 Å². The number of aromatic nitrogens is 5. The van der Waals surface area contributed by atoms with Crippen molar-refractivity contribution in [1.82, 2.24) is 38.8 Å². The molecule has 3 saturated heterocycles. The van der Waals surface area contributed by atoms with Gasteiger partial charge in [0, 0.05) is 62.0 Å². The van der Waals surface area contributed by atoms with Crippen molar-refractivity contribution in [1.29, 1.82) is 0 Å². The highest BCUT2D eigenvalue weighted by Gasteiger charge is 2.32. The predicted octanol–water partition coefficient (Wildman–Crippen LogP) is 7.27. The number of imidazole rings is 1. The average Bonchev–Trinajstić information content (AvgIpc) is 3.78. The molecule has 3 N–H and O–H groups in total. The van der Waals surface area contributed by atoms with Gasteiger partial charge < -0.3 is 19.9 Å². The molecule has 6 heterocycles. The molecule has 2 aromatic carbocycles. The van der Waals surface area contributed by atoms with E-state index in [9.17, 15) is 32.7 Å². The fraction of sp³-hybridized carbons (Fsp3) is 0.562. The lowest BCUT2D eigenvalue weighted by Crippen LogP contribution is -2.47. The molecule has 1 atom stereocenters. The van der Waals surface area contributed by atoms with Gasteiger partial charge in [-0.15, -0.1) is 0 Å². The number of carbonyl (C=O) groups excluding carboxylic acids is 2. The van der Waals surface area contributed by atoms with E-state index in [0.29, 0.717) is 31.0 Å². The summed E-state index contributed by atoms with van der Waals surface area (Å²) in [7, 11) is 1.74. The summed E-state index contributed by atoms with van der Waals surface area (Å²) in [6.45, 7) is 5.04. The van der Waals surface area contributed by atoms with Crippen molar-refractivity contribution >= 4 is 39.8 Å². The van der Waals surface area contributed by atoms with Crippen molar-refractivity contribution < 1.29 is 27.9 Å². The van der Waals surface area contributed by atoms with Crippen LogP contribution < -0.4 is 16.3 Å². The maximum absolute atomic E-state index is 13.2. The molecule has 13 nitrogen and oxygen atoms in total. The number of piperidine rings is 3. The smallest absolute Gasteiger partial charge is 0.390 e. The first-order valence-electron chi connectivity index (χ1n) is 23.3. The van der Waals surface area contributed by atoms with Gasteiger partial charge in [0.25, 0.3) is 0 Å². The van der Waals surface area contributed by atoms with E-state index < -0.39 is 24.5 Å². The summed E-state index contributed by atoms with van der Waals surface area (Å²) in [5.41, 5.74) is 6.49. The first-order chi connectivity index (χ1) is 30.9. The Morgan fingerprint density at radius 3 is 2.31 bits per heavy atom. The lowest BCUT2D eigenvalue weighted by atomic mass is 9.89. The second-order valence-electron chi connectivity index (χ2n) is 18.7. The topological polar surface area (TPSA) is 143 Å². The van der Waals surface area contributed by atoms with Gasteiger partial charge in [0.1, 0.15) is 11.7 Å².